The number of allylic oxidation sites excluding steroid dienone is 1. The third-order valence-corrected chi connectivity index (χ3v) is 4.48. The van der Waals surface area contributed by atoms with Crippen molar-refractivity contribution < 1.29 is 9.94 Å². The molecule has 3 heteroatoms. The summed E-state index contributed by atoms with van der Waals surface area (Å²) in [5.41, 5.74) is 2.08. The number of hydrogen-bond acceptors (Lipinski definition) is 3. The number of rotatable bonds is 5. The van der Waals surface area contributed by atoms with Gasteiger partial charge in [0.1, 0.15) is 6.73 Å². The molecule has 1 fully saturated rings. The fraction of sp³-hybridized carbons (Fsp3) is 0.846. The Hall–Kier alpha value is -0.380. The first kappa shape index (κ1) is 12.1. The molecule has 92 valence electrons. The van der Waals surface area contributed by atoms with Gasteiger partial charge in [0.25, 0.3) is 0 Å². The summed E-state index contributed by atoms with van der Waals surface area (Å²) in [6.07, 6.45) is 6.03. The number of aliphatic hydroxyl groups is 1. The maximum Gasteiger partial charge on any atom is 0.118 e. The molecule has 16 heavy (non-hydrogen) atoms. The quantitative estimate of drug-likeness (QED) is 0.442. The third kappa shape index (κ3) is 2.04. The zero-order valence-corrected chi connectivity index (χ0v) is 10.6. The molecule has 0 saturated heterocycles. The highest BCUT2D eigenvalue weighted by molar-refractivity contribution is 5.23. The Bertz CT molecular complexity index is 286. The van der Waals surface area contributed by atoms with Gasteiger partial charge in [-0.1, -0.05) is 25.5 Å². The molecule has 0 heterocycles. The molecule has 2 atom stereocenters. The zero-order chi connectivity index (χ0) is 11.8. The molecule has 2 unspecified atom stereocenters. The monoisotopic (exact) mass is 225 g/mol. The first-order valence-corrected chi connectivity index (χ1v) is 6.19. The second kappa shape index (κ2) is 4.47. The maximum atomic E-state index is 8.80. The van der Waals surface area contributed by atoms with Gasteiger partial charge < -0.3 is 5.11 Å². The second-order valence-corrected chi connectivity index (χ2v) is 5.67. The molecule has 0 amide bonds. The van der Waals surface area contributed by atoms with E-state index in [1.54, 1.807) is 12.6 Å². The standard InChI is InChI=1S/C13H23NO2/c1-13(2)11-5-4-10(12(13)8-11)6-7-16-14(3)9-15/h4,11-12,15H,5-9H2,1-3H3. The lowest BCUT2D eigenvalue weighted by Gasteiger charge is -2.56. The molecule has 0 aromatic rings. The van der Waals surface area contributed by atoms with Crippen LogP contribution in [0.5, 0.6) is 0 Å². The van der Waals surface area contributed by atoms with E-state index >= 15 is 0 Å². The summed E-state index contributed by atoms with van der Waals surface area (Å²) in [5, 5.41) is 10.3. The molecule has 1 N–H and O–H groups in total. The maximum absolute atomic E-state index is 8.80. The van der Waals surface area contributed by atoms with Crippen LogP contribution in [-0.4, -0.2) is 30.6 Å². The lowest BCUT2D eigenvalue weighted by atomic mass is 9.48. The van der Waals surface area contributed by atoms with E-state index in [9.17, 15) is 0 Å². The molecular formula is C13H23NO2. The SMILES string of the molecule is CN(CO)OCCC1=CCC2CC1C2(C)C. The summed E-state index contributed by atoms with van der Waals surface area (Å²) < 4.78 is 0. The topological polar surface area (TPSA) is 32.7 Å². The lowest BCUT2D eigenvalue weighted by molar-refractivity contribution is -0.178. The van der Waals surface area contributed by atoms with E-state index in [1.807, 2.05) is 0 Å². The largest absolute Gasteiger partial charge is 0.379 e. The van der Waals surface area contributed by atoms with E-state index in [0.29, 0.717) is 12.0 Å². The normalized spacial score (nSPS) is 31.2. The molecule has 2 bridgehead atoms. The molecule has 3 nitrogen and oxygen atoms in total. The van der Waals surface area contributed by atoms with Crippen molar-refractivity contribution in [1.29, 1.82) is 0 Å². The van der Waals surface area contributed by atoms with Crippen LogP contribution >= 0.6 is 0 Å². The van der Waals surface area contributed by atoms with Crippen LogP contribution in [0.4, 0.5) is 0 Å². The second-order valence-electron chi connectivity index (χ2n) is 5.67. The first-order valence-electron chi connectivity index (χ1n) is 6.19. The van der Waals surface area contributed by atoms with Gasteiger partial charge in [0.2, 0.25) is 0 Å². The molecule has 0 spiro atoms. The highest BCUT2D eigenvalue weighted by Gasteiger charge is 2.50. The van der Waals surface area contributed by atoms with Crippen LogP contribution < -0.4 is 0 Å². The van der Waals surface area contributed by atoms with Crippen LogP contribution in [0.3, 0.4) is 0 Å². The van der Waals surface area contributed by atoms with E-state index in [-0.39, 0.29) is 6.73 Å². The molecule has 1 saturated carbocycles. The third-order valence-electron chi connectivity index (χ3n) is 4.48. The van der Waals surface area contributed by atoms with Gasteiger partial charge in [-0.05, 0) is 36.5 Å². The van der Waals surface area contributed by atoms with Crippen molar-refractivity contribution in [2.75, 3.05) is 20.4 Å². The van der Waals surface area contributed by atoms with Crippen LogP contribution in [0.1, 0.15) is 33.1 Å². The Labute approximate surface area is 98.0 Å². The minimum atomic E-state index is -0.0456. The van der Waals surface area contributed by atoms with Crippen molar-refractivity contribution >= 4 is 0 Å². The summed E-state index contributed by atoms with van der Waals surface area (Å²) in [4.78, 5) is 5.37. The van der Waals surface area contributed by atoms with Gasteiger partial charge >= 0.3 is 0 Å². The Kier molecular flexibility index (Phi) is 3.38. The molecule has 3 aliphatic carbocycles. The summed E-state index contributed by atoms with van der Waals surface area (Å²) in [6, 6.07) is 0. The van der Waals surface area contributed by atoms with Gasteiger partial charge in [-0.2, -0.15) is 5.06 Å². The summed E-state index contributed by atoms with van der Waals surface area (Å²) in [5.74, 6) is 1.68. The van der Waals surface area contributed by atoms with Crippen LogP contribution in [-0.2, 0) is 4.84 Å². The lowest BCUT2D eigenvalue weighted by Crippen LogP contribution is -2.48. The average molecular weight is 225 g/mol. The summed E-state index contributed by atoms with van der Waals surface area (Å²) in [6.45, 7) is 5.41. The van der Waals surface area contributed by atoms with E-state index < -0.39 is 0 Å². The first-order chi connectivity index (χ1) is 7.55. The number of aliphatic hydroxyl groups excluding tert-OH is 1. The molecule has 3 aliphatic rings. The van der Waals surface area contributed by atoms with Crippen LogP contribution in [0.2, 0.25) is 0 Å². The smallest absolute Gasteiger partial charge is 0.118 e. The fourth-order valence-corrected chi connectivity index (χ4v) is 3.12. The Balaban J connectivity index is 1.81. The fourth-order valence-electron chi connectivity index (χ4n) is 3.12. The zero-order valence-electron chi connectivity index (χ0n) is 10.6. The molecule has 0 aromatic carbocycles. The predicted octanol–water partition coefficient (Wildman–Crippen LogP) is 2.18. The molecule has 0 radical (unpaired) electrons. The number of fused-ring (bicyclic) bond motifs is 1. The highest BCUT2D eigenvalue weighted by atomic mass is 16.7. The minimum absolute atomic E-state index is 0.0456. The molecule has 0 aliphatic heterocycles. The van der Waals surface area contributed by atoms with Gasteiger partial charge in [0, 0.05) is 7.05 Å². The van der Waals surface area contributed by atoms with Crippen molar-refractivity contribution in [2.24, 2.45) is 17.3 Å². The molecule has 3 rings (SSSR count). The average Bonchev–Trinajstić information content (AvgIpc) is 2.28. The van der Waals surface area contributed by atoms with Crippen molar-refractivity contribution in [2.45, 2.75) is 33.1 Å². The summed E-state index contributed by atoms with van der Waals surface area (Å²) in [7, 11) is 1.75. The van der Waals surface area contributed by atoms with E-state index in [0.717, 1.165) is 18.3 Å². The van der Waals surface area contributed by atoms with Gasteiger partial charge in [0.15, 0.2) is 0 Å². The Morgan fingerprint density at radius 3 is 2.88 bits per heavy atom. The van der Waals surface area contributed by atoms with Crippen molar-refractivity contribution in [3.63, 3.8) is 0 Å². The van der Waals surface area contributed by atoms with Gasteiger partial charge in [-0.15, -0.1) is 0 Å². The molecule has 0 aromatic heterocycles. The van der Waals surface area contributed by atoms with Crippen LogP contribution in [0, 0.1) is 17.3 Å². The Morgan fingerprint density at radius 2 is 2.31 bits per heavy atom. The number of nitrogens with zero attached hydrogens (tertiary/aromatic N) is 1. The van der Waals surface area contributed by atoms with Crippen LogP contribution in [0.25, 0.3) is 0 Å². The summed E-state index contributed by atoms with van der Waals surface area (Å²) >= 11 is 0. The number of hydroxylamine groups is 2. The van der Waals surface area contributed by atoms with Crippen LogP contribution in [0.15, 0.2) is 11.6 Å². The van der Waals surface area contributed by atoms with E-state index in [1.165, 1.54) is 17.9 Å². The van der Waals surface area contributed by atoms with Gasteiger partial charge in [0.05, 0.1) is 6.61 Å². The highest BCUT2D eigenvalue weighted by Crippen LogP contribution is 2.59. The number of hydrogen-bond donors (Lipinski definition) is 1. The Morgan fingerprint density at radius 1 is 1.56 bits per heavy atom. The van der Waals surface area contributed by atoms with Gasteiger partial charge in [-0.25, -0.2) is 0 Å². The van der Waals surface area contributed by atoms with E-state index in [4.69, 9.17) is 9.94 Å². The van der Waals surface area contributed by atoms with Crippen molar-refractivity contribution in [3.8, 4) is 0 Å². The van der Waals surface area contributed by atoms with E-state index in [2.05, 4.69) is 19.9 Å². The molecular weight excluding hydrogens is 202 g/mol. The van der Waals surface area contributed by atoms with Crippen molar-refractivity contribution in [3.05, 3.63) is 11.6 Å². The van der Waals surface area contributed by atoms with Gasteiger partial charge in [-0.3, -0.25) is 4.84 Å². The predicted molar refractivity (Wildman–Crippen MR) is 63.5 cm³/mol. The minimum Gasteiger partial charge on any atom is -0.379 e. The van der Waals surface area contributed by atoms with Crippen molar-refractivity contribution in [1.82, 2.24) is 5.06 Å².